The van der Waals surface area contributed by atoms with Gasteiger partial charge in [-0.05, 0) is 37.1 Å². The zero-order valence-corrected chi connectivity index (χ0v) is 13.2. The summed E-state index contributed by atoms with van der Waals surface area (Å²) < 4.78 is 28.5. The Morgan fingerprint density at radius 1 is 1.12 bits per heavy atom. The van der Waals surface area contributed by atoms with Crippen LogP contribution < -0.4 is 0 Å². The minimum absolute atomic E-state index is 0.120. The molecule has 2 N–H and O–H groups in total. The number of phenols is 1. The second-order valence-electron chi connectivity index (χ2n) is 5.86. The van der Waals surface area contributed by atoms with Gasteiger partial charge < -0.3 is 10.5 Å². The van der Waals surface area contributed by atoms with Gasteiger partial charge in [0.25, 0.3) is 0 Å². The average Bonchev–Trinajstić information content (AvgIpc) is 2.54. The molecule has 122 valence electrons. The summed E-state index contributed by atoms with van der Waals surface area (Å²) in [6, 6.07) is 9.05. The van der Waals surface area contributed by atoms with E-state index in [9.17, 15) is 13.9 Å². The lowest BCUT2D eigenvalue weighted by molar-refractivity contribution is 0.470. The van der Waals surface area contributed by atoms with Crippen molar-refractivity contribution >= 4 is 11.8 Å². The molecule has 2 aromatic carbocycles. The fraction of sp³-hybridized carbons (Fsp3) is 0.150. The van der Waals surface area contributed by atoms with Gasteiger partial charge in [-0.25, -0.2) is 8.78 Å². The number of halogens is 2. The Morgan fingerprint density at radius 3 is 2.50 bits per heavy atom. The molecule has 0 heterocycles. The molecule has 1 aliphatic rings. The molecule has 3 rings (SSSR count). The number of hydrogen-bond donors (Lipinski definition) is 2. The van der Waals surface area contributed by atoms with Crippen molar-refractivity contribution in [3.05, 3.63) is 82.4 Å². The SMILES string of the molecule is Cc1cccc(C=C2CC=CC(=N)C2c2c(F)cccc2F)c1O. The lowest BCUT2D eigenvalue weighted by atomic mass is 9.80. The third-order valence-corrected chi connectivity index (χ3v) is 4.23. The molecule has 1 unspecified atom stereocenters. The molecule has 0 bridgehead atoms. The molecule has 0 fully saturated rings. The first-order valence-electron chi connectivity index (χ1n) is 7.67. The van der Waals surface area contributed by atoms with Crippen molar-refractivity contribution in [3.8, 4) is 5.75 Å². The standard InChI is InChI=1S/C20H17F2NO/c1-12-5-2-7-14(20(12)24)11-13-6-3-10-17(23)18(13)19-15(21)8-4-9-16(19)22/h2-5,7-11,18,23-24H,6H2,1H3. The lowest BCUT2D eigenvalue weighted by Crippen LogP contribution is -2.18. The number of aromatic hydroxyl groups is 1. The van der Waals surface area contributed by atoms with E-state index < -0.39 is 17.6 Å². The average molecular weight is 325 g/mol. The van der Waals surface area contributed by atoms with Gasteiger partial charge >= 0.3 is 0 Å². The summed E-state index contributed by atoms with van der Waals surface area (Å²) in [5.41, 5.74) is 1.98. The Hall–Kier alpha value is -2.75. The van der Waals surface area contributed by atoms with Crippen molar-refractivity contribution in [2.24, 2.45) is 0 Å². The molecular weight excluding hydrogens is 308 g/mol. The van der Waals surface area contributed by atoms with Gasteiger partial charge in [-0.3, -0.25) is 0 Å². The number of aryl methyl sites for hydroxylation is 1. The molecule has 2 nitrogen and oxygen atoms in total. The normalized spacial score (nSPS) is 19.0. The first-order chi connectivity index (χ1) is 11.5. The van der Waals surface area contributed by atoms with Gasteiger partial charge in [-0.15, -0.1) is 0 Å². The maximum absolute atomic E-state index is 14.2. The van der Waals surface area contributed by atoms with Crippen LogP contribution in [0.3, 0.4) is 0 Å². The number of phenolic OH excluding ortho intramolecular Hbond substituents is 1. The summed E-state index contributed by atoms with van der Waals surface area (Å²) in [5.74, 6) is -1.99. The van der Waals surface area contributed by atoms with E-state index in [-0.39, 0.29) is 17.0 Å². The van der Waals surface area contributed by atoms with Gasteiger partial charge in [0, 0.05) is 16.8 Å². The van der Waals surface area contributed by atoms with Crippen molar-refractivity contribution < 1.29 is 13.9 Å². The molecular formula is C20H17F2NO. The molecule has 1 aliphatic carbocycles. The Bertz CT molecular complexity index is 848. The van der Waals surface area contributed by atoms with E-state index in [2.05, 4.69) is 0 Å². The highest BCUT2D eigenvalue weighted by Gasteiger charge is 2.28. The van der Waals surface area contributed by atoms with Crippen molar-refractivity contribution in [1.82, 2.24) is 0 Å². The predicted octanol–water partition coefficient (Wildman–Crippen LogP) is 5.13. The molecule has 0 saturated carbocycles. The smallest absolute Gasteiger partial charge is 0.130 e. The van der Waals surface area contributed by atoms with Crippen molar-refractivity contribution in [3.63, 3.8) is 0 Å². The van der Waals surface area contributed by atoms with Crippen LogP contribution in [0.25, 0.3) is 6.08 Å². The van der Waals surface area contributed by atoms with Crippen LogP contribution in [0.4, 0.5) is 8.78 Å². The Balaban J connectivity index is 2.15. The largest absolute Gasteiger partial charge is 0.507 e. The Morgan fingerprint density at radius 2 is 1.79 bits per heavy atom. The van der Waals surface area contributed by atoms with Crippen LogP contribution in [0.5, 0.6) is 5.75 Å². The number of nitrogens with one attached hydrogen (secondary N) is 1. The lowest BCUT2D eigenvalue weighted by Gasteiger charge is -2.24. The van der Waals surface area contributed by atoms with Crippen LogP contribution in [0, 0.1) is 24.0 Å². The Kier molecular flexibility index (Phi) is 4.30. The maximum atomic E-state index is 14.2. The minimum atomic E-state index is -0.795. The highest BCUT2D eigenvalue weighted by atomic mass is 19.1. The monoisotopic (exact) mass is 325 g/mol. The van der Waals surface area contributed by atoms with Gasteiger partial charge in [0.05, 0.1) is 5.92 Å². The van der Waals surface area contributed by atoms with Gasteiger partial charge in [-0.2, -0.15) is 0 Å². The van der Waals surface area contributed by atoms with Crippen LogP contribution in [0.2, 0.25) is 0 Å². The molecule has 0 spiro atoms. The molecule has 0 aromatic heterocycles. The summed E-state index contributed by atoms with van der Waals surface area (Å²) in [7, 11) is 0. The number of allylic oxidation sites excluding steroid dienone is 3. The summed E-state index contributed by atoms with van der Waals surface area (Å²) in [6.07, 6.45) is 5.55. The quantitative estimate of drug-likeness (QED) is 0.790. The van der Waals surface area contributed by atoms with Crippen LogP contribution in [0.15, 0.2) is 54.1 Å². The van der Waals surface area contributed by atoms with Crippen molar-refractivity contribution in [2.45, 2.75) is 19.3 Å². The van der Waals surface area contributed by atoms with E-state index in [1.165, 1.54) is 18.2 Å². The van der Waals surface area contributed by atoms with Crippen LogP contribution >= 0.6 is 0 Å². The van der Waals surface area contributed by atoms with E-state index >= 15 is 0 Å². The predicted molar refractivity (Wildman–Crippen MR) is 91.4 cm³/mol. The highest BCUT2D eigenvalue weighted by Crippen LogP contribution is 2.37. The number of hydrogen-bond acceptors (Lipinski definition) is 2. The zero-order chi connectivity index (χ0) is 17.3. The van der Waals surface area contributed by atoms with Gasteiger partial charge in [-0.1, -0.05) is 42.0 Å². The fourth-order valence-electron chi connectivity index (χ4n) is 3.00. The van der Waals surface area contributed by atoms with E-state index in [0.717, 1.165) is 5.56 Å². The van der Waals surface area contributed by atoms with Crippen LogP contribution in [-0.2, 0) is 0 Å². The molecule has 1 atom stereocenters. The molecule has 0 saturated heterocycles. The third-order valence-electron chi connectivity index (χ3n) is 4.23. The summed E-state index contributed by atoms with van der Waals surface area (Å²) in [6.45, 7) is 1.79. The number of rotatable bonds is 2. The van der Waals surface area contributed by atoms with Gasteiger partial charge in [0.1, 0.15) is 17.4 Å². The third kappa shape index (κ3) is 2.87. The van der Waals surface area contributed by atoms with Gasteiger partial charge in [0.2, 0.25) is 0 Å². The maximum Gasteiger partial charge on any atom is 0.130 e. The summed E-state index contributed by atoms with van der Waals surface area (Å²) in [5, 5.41) is 18.3. The molecule has 4 heteroatoms. The highest BCUT2D eigenvalue weighted by molar-refractivity contribution is 6.02. The van der Waals surface area contributed by atoms with Crippen LogP contribution in [-0.4, -0.2) is 10.8 Å². The fourth-order valence-corrected chi connectivity index (χ4v) is 3.00. The minimum Gasteiger partial charge on any atom is -0.507 e. The van der Waals surface area contributed by atoms with E-state index in [4.69, 9.17) is 5.41 Å². The topological polar surface area (TPSA) is 44.1 Å². The molecule has 0 amide bonds. The molecule has 2 aromatic rings. The first kappa shape index (κ1) is 16.1. The molecule has 0 aliphatic heterocycles. The number of benzene rings is 2. The van der Waals surface area contributed by atoms with Crippen molar-refractivity contribution in [1.29, 1.82) is 5.41 Å². The second-order valence-corrected chi connectivity index (χ2v) is 5.86. The Labute approximate surface area is 139 Å². The molecule has 0 radical (unpaired) electrons. The van der Waals surface area contributed by atoms with Gasteiger partial charge in [0.15, 0.2) is 0 Å². The van der Waals surface area contributed by atoms with E-state index in [1.54, 1.807) is 37.3 Å². The summed E-state index contributed by atoms with van der Waals surface area (Å²) in [4.78, 5) is 0. The second kappa shape index (κ2) is 6.40. The van der Waals surface area contributed by atoms with Crippen LogP contribution in [0.1, 0.15) is 29.0 Å². The molecule has 24 heavy (non-hydrogen) atoms. The summed E-state index contributed by atoms with van der Waals surface area (Å²) >= 11 is 0. The van der Waals surface area contributed by atoms with Crippen molar-refractivity contribution in [2.75, 3.05) is 0 Å². The first-order valence-corrected chi connectivity index (χ1v) is 7.67. The van der Waals surface area contributed by atoms with E-state index in [0.29, 0.717) is 17.6 Å². The van der Waals surface area contributed by atoms with E-state index in [1.807, 2.05) is 6.07 Å². The zero-order valence-electron chi connectivity index (χ0n) is 13.2. The number of para-hydroxylation sites is 1.